The van der Waals surface area contributed by atoms with Crippen molar-refractivity contribution in [1.82, 2.24) is 4.98 Å². The van der Waals surface area contributed by atoms with Crippen LogP contribution >= 0.6 is 0 Å². The number of aryl methyl sites for hydroxylation is 1. The monoisotopic (exact) mass is 293 g/mol. The van der Waals surface area contributed by atoms with Crippen LogP contribution < -0.4 is 10.6 Å². The van der Waals surface area contributed by atoms with Crippen LogP contribution in [0.25, 0.3) is 10.9 Å². The van der Waals surface area contributed by atoms with Crippen LogP contribution in [0.4, 0.5) is 11.4 Å². The Bertz CT molecular complexity index is 741. The first-order chi connectivity index (χ1) is 9.26. The van der Waals surface area contributed by atoms with Gasteiger partial charge >= 0.3 is 0 Å². The van der Waals surface area contributed by atoms with E-state index in [1.54, 1.807) is 0 Å². The van der Waals surface area contributed by atoms with Crippen molar-refractivity contribution in [2.24, 2.45) is 0 Å². The molecule has 0 fully saturated rings. The Morgan fingerprint density at radius 2 is 2.00 bits per heavy atom. The first kappa shape index (κ1) is 14.6. The van der Waals surface area contributed by atoms with Gasteiger partial charge in [-0.25, -0.2) is 8.42 Å². The Morgan fingerprint density at radius 1 is 1.30 bits per heavy atom. The lowest BCUT2D eigenvalue weighted by atomic mass is 10.1. The van der Waals surface area contributed by atoms with Crippen LogP contribution in [-0.2, 0) is 9.84 Å². The quantitative estimate of drug-likeness (QED) is 0.867. The first-order valence-corrected chi connectivity index (χ1v) is 8.38. The molecular weight excluding hydrogens is 274 g/mol. The third-order valence-corrected chi connectivity index (χ3v) is 4.07. The molecular formula is C14H19N3O2S. The highest BCUT2D eigenvalue weighted by molar-refractivity contribution is 7.90. The van der Waals surface area contributed by atoms with Gasteiger partial charge in [0.1, 0.15) is 9.84 Å². The van der Waals surface area contributed by atoms with Gasteiger partial charge in [-0.3, -0.25) is 4.98 Å². The van der Waals surface area contributed by atoms with Gasteiger partial charge in [-0.2, -0.15) is 0 Å². The number of fused-ring (bicyclic) bond motifs is 1. The number of hydrogen-bond donors (Lipinski definition) is 1. The summed E-state index contributed by atoms with van der Waals surface area (Å²) in [6, 6.07) is 7.51. The molecule has 0 amide bonds. The number of anilines is 2. The van der Waals surface area contributed by atoms with E-state index in [2.05, 4.69) is 4.98 Å². The molecule has 0 unspecified atom stereocenters. The van der Waals surface area contributed by atoms with Crippen molar-refractivity contribution in [2.75, 3.05) is 36.2 Å². The molecule has 0 radical (unpaired) electrons. The van der Waals surface area contributed by atoms with Gasteiger partial charge in [0.2, 0.25) is 0 Å². The van der Waals surface area contributed by atoms with Crippen LogP contribution in [0, 0.1) is 6.92 Å². The number of nitrogens with two attached hydrogens (primary N) is 1. The number of rotatable bonds is 4. The molecule has 108 valence electrons. The second kappa shape index (κ2) is 5.28. The number of aromatic nitrogens is 1. The second-order valence-electron chi connectivity index (χ2n) is 5.11. The molecule has 0 saturated carbocycles. The van der Waals surface area contributed by atoms with Gasteiger partial charge in [-0.15, -0.1) is 0 Å². The fourth-order valence-corrected chi connectivity index (χ4v) is 2.70. The van der Waals surface area contributed by atoms with Gasteiger partial charge in [0.15, 0.2) is 0 Å². The molecule has 2 N–H and O–H groups in total. The Morgan fingerprint density at radius 3 is 2.65 bits per heavy atom. The molecule has 0 saturated heterocycles. The lowest BCUT2D eigenvalue weighted by molar-refractivity contribution is 0.601. The van der Waals surface area contributed by atoms with Crippen LogP contribution in [0.3, 0.4) is 0 Å². The smallest absolute Gasteiger partial charge is 0.149 e. The topological polar surface area (TPSA) is 76.3 Å². The van der Waals surface area contributed by atoms with E-state index in [0.717, 1.165) is 22.3 Å². The minimum atomic E-state index is -2.98. The van der Waals surface area contributed by atoms with E-state index < -0.39 is 9.84 Å². The molecule has 1 heterocycles. The van der Waals surface area contributed by atoms with Gasteiger partial charge in [-0.05, 0) is 31.2 Å². The molecule has 0 bridgehead atoms. The molecule has 20 heavy (non-hydrogen) atoms. The Hall–Kier alpha value is -1.82. The number of pyridine rings is 1. The number of hydrogen-bond acceptors (Lipinski definition) is 5. The van der Waals surface area contributed by atoms with Crippen molar-refractivity contribution < 1.29 is 8.42 Å². The minimum Gasteiger partial charge on any atom is -0.399 e. The summed E-state index contributed by atoms with van der Waals surface area (Å²) < 4.78 is 22.6. The van der Waals surface area contributed by atoms with E-state index in [4.69, 9.17) is 5.73 Å². The highest BCUT2D eigenvalue weighted by Crippen LogP contribution is 2.27. The van der Waals surface area contributed by atoms with E-state index in [-0.39, 0.29) is 5.75 Å². The Balaban J connectivity index is 2.44. The minimum absolute atomic E-state index is 0.120. The molecule has 0 aliphatic carbocycles. The standard InChI is InChI=1S/C14H19N3O2S/c1-10-8-14(17(2)6-7-20(3,18)19)12-9-11(15)4-5-13(12)16-10/h4-5,8-9H,6-7,15H2,1-3H3. The second-order valence-corrected chi connectivity index (χ2v) is 7.37. The molecule has 0 atom stereocenters. The summed E-state index contributed by atoms with van der Waals surface area (Å²) in [4.78, 5) is 6.40. The Labute approximate surface area is 119 Å². The van der Waals surface area contributed by atoms with Crippen LogP contribution in [-0.4, -0.2) is 39.0 Å². The lowest BCUT2D eigenvalue weighted by Gasteiger charge is -2.21. The van der Waals surface area contributed by atoms with Gasteiger partial charge in [0, 0.05) is 42.3 Å². The van der Waals surface area contributed by atoms with E-state index in [1.165, 1.54) is 6.26 Å². The molecule has 6 heteroatoms. The van der Waals surface area contributed by atoms with E-state index >= 15 is 0 Å². The van der Waals surface area contributed by atoms with E-state index in [9.17, 15) is 8.42 Å². The summed E-state index contributed by atoms with van der Waals surface area (Å²) in [5.74, 6) is 0.120. The normalized spacial score (nSPS) is 11.8. The van der Waals surface area contributed by atoms with Crippen LogP contribution in [0.1, 0.15) is 5.69 Å². The van der Waals surface area contributed by atoms with Crippen LogP contribution in [0.15, 0.2) is 24.3 Å². The van der Waals surface area contributed by atoms with Gasteiger partial charge in [0.05, 0.1) is 11.3 Å². The van der Waals surface area contributed by atoms with Gasteiger partial charge in [0.25, 0.3) is 0 Å². The number of nitrogens with zero attached hydrogens (tertiary/aromatic N) is 2. The summed E-state index contributed by atoms with van der Waals surface area (Å²) >= 11 is 0. The maximum Gasteiger partial charge on any atom is 0.149 e. The van der Waals surface area contributed by atoms with E-state index in [0.29, 0.717) is 12.2 Å². The fourth-order valence-electron chi connectivity index (χ4n) is 2.09. The highest BCUT2D eigenvalue weighted by atomic mass is 32.2. The SMILES string of the molecule is Cc1cc(N(C)CCS(C)(=O)=O)c2cc(N)ccc2n1. The highest BCUT2D eigenvalue weighted by Gasteiger charge is 2.11. The summed E-state index contributed by atoms with van der Waals surface area (Å²) in [5.41, 5.74) is 9.20. The molecule has 0 aliphatic rings. The van der Waals surface area contributed by atoms with Crippen molar-refractivity contribution >= 4 is 32.1 Å². The zero-order valence-electron chi connectivity index (χ0n) is 11.9. The van der Waals surface area contributed by atoms with Gasteiger partial charge in [-0.1, -0.05) is 0 Å². The Kier molecular flexibility index (Phi) is 3.85. The average molecular weight is 293 g/mol. The number of nitrogen functional groups attached to an aromatic ring is 1. The number of sulfone groups is 1. The van der Waals surface area contributed by atoms with Crippen molar-refractivity contribution in [3.63, 3.8) is 0 Å². The summed E-state index contributed by atoms with van der Waals surface area (Å²) in [6.07, 6.45) is 1.24. The van der Waals surface area contributed by atoms with Crippen molar-refractivity contribution in [3.8, 4) is 0 Å². The molecule has 5 nitrogen and oxygen atoms in total. The maximum atomic E-state index is 11.3. The van der Waals surface area contributed by atoms with Crippen molar-refractivity contribution in [2.45, 2.75) is 6.92 Å². The third kappa shape index (κ3) is 3.39. The predicted octanol–water partition coefficient (Wildman–Crippen LogP) is 1.61. The maximum absolute atomic E-state index is 11.3. The first-order valence-electron chi connectivity index (χ1n) is 6.32. The summed E-state index contributed by atoms with van der Waals surface area (Å²) in [7, 11) is -1.10. The fraction of sp³-hybridized carbons (Fsp3) is 0.357. The molecule has 2 aromatic rings. The largest absolute Gasteiger partial charge is 0.399 e. The molecule has 0 aliphatic heterocycles. The van der Waals surface area contributed by atoms with Crippen LogP contribution in [0.2, 0.25) is 0 Å². The van der Waals surface area contributed by atoms with E-state index in [1.807, 2.05) is 43.1 Å². The average Bonchev–Trinajstić information content (AvgIpc) is 2.34. The van der Waals surface area contributed by atoms with Crippen LogP contribution in [0.5, 0.6) is 0 Å². The predicted molar refractivity (Wildman–Crippen MR) is 83.9 cm³/mol. The van der Waals surface area contributed by atoms with Gasteiger partial charge < -0.3 is 10.6 Å². The molecule has 1 aromatic heterocycles. The zero-order valence-corrected chi connectivity index (χ0v) is 12.7. The summed E-state index contributed by atoms with van der Waals surface area (Å²) in [6.45, 7) is 2.36. The van der Waals surface area contributed by atoms with Crippen molar-refractivity contribution in [3.05, 3.63) is 30.0 Å². The molecule has 1 aromatic carbocycles. The third-order valence-electron chi connectivity index (χ3n) is 3.15. The van der Waals surface area contributed by atoms with Crippen molar-refractivity contribution in [1.29, 1.82) is 0 Å². The molecule has 0 spiro atoms. The summed E-state index contributed by atoms with van der Waals surface area (Å²) in [5, 5.41) is 0.937. The number of benzene rings is 1. The lowest BCUT2D eigenvalue weighted by Crippen LogP contribution is -2.25. The molecule has 2 rings (SSSR count). The zero-order chi connectivity index (χ0) is 14.9.